The molecule has 14 aromatic rings. The Bertz CT molecular complexity index is 7100. The Kier molecular flexibility index (Phi) is 23.2. The molecule has 0 N–H and O–H groups in total. The van der Waals surface area contributed by atoms with E-state index in [1.54, 1.807) is 0 Å². The van der Waals surface area contributed by atoms with E-state index in [2.05, 4.69) is 310 Å². The van der Waals surface area contributed by atoms with Gasteiger partial charge in [0.05, 0.1) is 56.9 Å². The van der Waals surface area contributed by atoms with E-state index in [9.17, 15) is 0 Å². The summed E-state index contributed by atoms with van der Waals surface area (Å²) in [4.78, 5) is 61.7. The monoisotopic (exact) mass is 1770 g/mol. The minimum Gasteiger partial charge on any atom is -0.664 e. The van der Waals surface area contributed by atoms with Gasteiger partial charge in [0.15, 0.2) is 0 Å². The van der Waals surface area contributed by atoms with E-state index in [-0.39, 0.29) is 59.4 Å². The summed E-state index contributed by atoms with van der Waals surface area (Å²) >= 11 is 0. The van der Waals surface area contributed by atoms with E-state index >= 15 is 0 Å². The third-order valence-electron chi connectivity index (χ3n) is 23.2. The van der Waals surface area contributed by atoms with Crippen LogP contribution in [-0.4, -0.2) is 32.4 Å². The number of aromatic nitrogens is 10. The van der Waals surface area contributed by atoms with Crippen molar-refractivity contribution in [3.8, 4) is 66.8 Å². The molecule has 0 spiro atoms. The summed E-state index contributed by atoms with van der Waals surface area (Å²) in [5.41, 5.74) is 49.3. The molecule has 0 saturated heterocycles. The van der Waals surface area contributed by atoms with Crippen molar-refractivity contribution in [2.45, 2.75) is 90.0 Å². The van der Waals surface area contributed by atoms with Gasteiger partial charge in [0.25, 0.3) is 0 Å². The van der Waals surface area contributed by atoms with E-state index in [1.165, 1.54) is 66.8 Å². The van der Waals surface area contributed by atoms with Crippen LogP contribution in [0.1, 0.15) is 140 Å². The van der Waals surface area contributed by atoms with Crippen LogP contribution in [0.2, 0.25) is 0 Å². The van der Waals surface area contributed by atoms with Crippen LogP contribution in [0.25, 0.3) is 171 Å². The number of hydrogen-bond acceptors (Lipinski definition) is 6. The predicted octanol–water partition coefficient (Wildman–Crippen LogP) is 24.5. The Morgan fingerprint density at radius 1 is 0.270 bits per heavy atom. The Balaban J connectivity index is 0.000000177. The molecule has 8 aromatic heterocycles. The molecule has 0 radical (unpaired) electrons. The summed E-state index contributed by atoms with van der Waals surface area (Å²) in [5, 5.41) is 0. The number of allylic oxidation sites excluding steroid dienone is 4. The smallest absolute Gasteiger partial charge is 0.664 e. The van der Waals surface area contributed by atoms with Gasteiger partial charge in [0, 0.05) is 12.4 Å². The third kappa shape index (κ3) is 15.5. The molecule has 16 bridgehead atoms. The molecule has 0 amide bonds. The molecule has 0 aliphatic carbocycles. The van der Waals surface area contributed by atoms with Crippen LogP contribution < -0.4 is 29.9 Å². The molecule has 12 nitrogen and oxygen atoms in total. The number of nitrogens with zero attached hydrogens (tertiary/aromatic N) is 12. The van der Waals surface area contributed by atoms with Crippen molar-refractivity contribution in [1.82, 2.24) is 49.8 Å². The van der Waals surface area contributed by atoms with Gasteiger partial charge in [-0.15, -0.1) is 55.5 Å². The number of benzene rings is 6. The average molecular weight is 1780 g/mol. The largest absolute Gasteiger partial charge is 2.00 e. The van der Waals surface area contributed by atoms with E-state index in [0.29, 0.717) is 0 Å². The zero-order valence-electron chi connectivity index (χ0n) is 70.6. The van der Waals surface area contributed by atoms with Gasteiger partial charge in [-0.2, -0.15) is 12.4 Å². The van der Waals surface area contributed by atoms with Crippen molar-refractivity contribution < 1.29 is 59.4 Å². The fourth-order valence-electron chi connectivity index (χ4n) is 18.4. The normalized spacial score (nSPS) is 13.5. The van der Waals surface area contributed by atoms with Gasteiger partial charge in [0.2, 0.25) is 0 Å². The third-order valence-corrected chi connectivity index (χ3v) is 23.2. The first-order chi connectivity index (χ1) is 57.8. The number of aliphatic imine (C=N–C) groups is 2. The van der Waals surface area contributed by atoms with E-state index in [4.69, 9.17) is 39.9 Å². The summed E-state index contributed by atoms with van der Waals surface area (Å²) < 4.78 is 0. The van der Waals surface area contributed by atoms with Gasteiger partial charge >= 0.3 is 59.4 Å². The van der Waals surface area contributed by atoms with Gasteiger partial charge in [0.1, 0.15) is 0 Å². The average Bonchev–Trinajstić information content (AvgIpc) is 1.63. The predicted molar refractivity (Wildman–Crippen MR) is 495 cm³/mol. The van der Waals surface area contributed by atoms with Gasteiger partial charge in [-0.05, 0) is 302 Å². The summed E-state index contributed by atoms with van der Waals surface area (Å²) in [7, 11) is 0. The van der Waals surface area contributed by atoms with Crippen molar-refractivity contribution in [3.63, 3.8) is 0 Å². The van der Waals surface area contributed by atoms with Crippen molar-refractivity contribution >= 4 is 116 Å². The van der Waals surface area contributed by atoms with Crippen molar-refractivity contribution in [2.75, 3.05) is 0 Å². The minimum absolute atomic E-state index is 0. The van der Waals surface area contributed by atoms with Gasteiger partial charge in [-0.3, -0.25) is 9.98 Å². The number of fused-ring (bicyclic) bond motifs is 16. The summed E-state index contributed by atoms with van der Waals surface area (Å²) in [5.74, 6) is 0. The Morgan fingerprint density at radius 2 is 0.574 bits per heavy atom. The van der Waals surface area contributed by atoms with Crippen molar-refractivity contribution in [1.29, 1.82) is 0 Å². The van der Waals surface area contributed by atoms with Crippen LogP contribution >= 0.6 is 0 Å². The maximum Gasteiger partial charge on any atom is 2.00 e. The molecule has 0 fully saturated rings. The molecule has 586 valence electrons. The number of hydrogen-bond donors (Lipinski definition) is 0. The molecule has 122 heavy (non-hydrogen) atoms. The minimum atomic E-state index is 0. The summed E-state index contributed by atoms with van der Waals surface area (Å²) in [6, 6.07) is 62.3. The molecule has 0 atom stereocenters. The molecule has 0 unspecified atom stereocenters. The quantitative estimate of drug-likeness (QED) is 0.121. The second kappa shape index (κ2) is 34.1. The fraction of sp³-hybridized carbons (Fsp3) is 0.121. The van der Waals surface area contributed by atoms with Crippen LogP contribution in [0.5, 0.6) is 0 Å². The van der Waals surface area contributed by atoms with Gasteiger partial charge in [-0.25, -0.2) is 19.9 Å². The van der Waals surface area contributed by atoms with Gasteiger partial charge in [-0.1, -0.05) is 198 Å². The van der Waals surface area contributed by atoms with Crippen LogP contribution in [0.4, 0.5) is 0 Å². The molecule has 0 saturated carbocycles. The van der Waals surface area contributed by atoms with Crippen LogP contribution in [-0.2, 0) is 59.4 Å². The first-order valence-corrected chi connectivity index (χ1v) is 40.5. The van der Waals surface area contributed by atoms with Crippen LogP contribution in [0.15, 0.2) is 234 Å². The summed E-state index contributed by atoms with van der Waals surface area (Å²) in [6.07, 6.45) is 32.2. The Morgan fingerprint density at radius 3 is 0.926 bits per heavy atom. The molecular weight excluding hydrogens is 1690 g/mol. The molecule has 20 rings (SSSR count). The van der Waals surface area contributed by atoms with Gasteiger partial charge < -0.3 is 29.9 Å². The molecule has 6 aliphatic heterocycles. The Labute approximate surface area is 750 Å². The topological polar surface area (TPSA) is 161 Å². The van der Waals surface area contributed by atoms with Crippen LogP contribution in [0, 0.1) is 90.0 Å². The summed E-state index contributed by atoms with van der Waals surface area (Å²) in [6.45, 7) is 28.2. The molecule has 6 aromatic carbocycles. The SMILES string of the molecule is Cc1cc(C)c(-c2c3nc(c(-c4ccc(/C(=C5\C=CC=N5)c5ccc[n-]5)cc4)c4ccc([n-]4)c(-c4c(C)cc(C)cc4C)c4nc(c(C)c5ccc2[n-]5)C=C4)C=C3)c(C)c1.Cc1cc(C)c(-c2c3nc(c(-c4ccc(/C(=C5\C=CC=N5)c5ccc[n-]5)cc4)c4ccc([n-]4)c(-c4c(C)cc(C)cc4C)c4nc(cc5ccc2[n-]5)C=C4)C=C3)c(C)c1.[Pd+2].[Zn+2].[Zn+2]. The molecule has 6 aliphatic rings. The zero-order valence-corrected chi connectivity index (χ0v) is 78.1. The van der Waals surface area contributed by atoms with E-state index < -0.39 is 0 Å². The van der Waals surface area contributed by atoms with E-state index in [1.807, 2.05) is 73.4 Å². The van der Waals surface area contributed by atoms with Crippen molar-refractivity contribution in [3.05, 3.63) is 364 Å². The van der Waals surface area contributed by atoms with Crippen molar-refractivity contribution in [2.24, 2.45) is 9.98 Å². The molecule has 15 heteroatoms. The fourth-order valence-corrected chi connectivity index (χ4v) is 18.4. The first-order valence-electron chi connectivity index (χ1n) is 40.5. The maximum atomic E-state index is 5.51. The maximum absolute atomic E-state index is 5.51. The van der Waals surface area contributed by atoms with E-state index in [0.717, 1.165) is 207 Å². The zero-order chi connectivity index (χ0) is 81.6. The second-order valence-corrected chi connectivity index (χ2v) is 31.9. The van der Waals surface area contributed by atoms with Crippen LogP contribution in [0.3, 0.4) is 0 Å². The molecular formula is C107H84N12PdZn2. The molecule has 14 heterocycles. The second-order valence-electron chi connectivity index (χ2n) is 31.9. The Hall–Kier alpha value is -12.7. The first kappa shape index (κ1) is 83.0. The number of aryl methyl sites for hydroxylation is 13. The standard InChI is InChI=1S/C54H43N6.C53H41N6.Pd.2Zn/c1-30-26-32(3)49(33(4)27-30)53-45-18-16-39(57-45)36(7)40-17-19-46(58-40)54(50-34(5)28-31(2)29-35(50)6)48-23-21-44(60-48)52(43-20-22-47(53)59-43)38-14-12-37(13-15-38)51(41-10-8-24-55-41)42-11-9-25-56-42;1-30-25-32(3)48(33(4)26-30)52-44-17-15-38(56-44)29-39-16-18-45(57-39)53(49-34(5)27-31(2)28-35(49)6)47-22-20-43(59-47)51(42-19-21-46(52)58-42)37-13-11-36(12-14-37)50(40-9-7-23-54-40)41-10-8-24-55-41;;;/h8-29H,1-7H3;7-29H,1-6H3;;;/q2*-3;3*+2/b39-36?,40-36?,51-41-,52-43?,52-44?,53-45?,53-47?,54-46?,54-48?;38-29?,39-29?,50-40-,51-42?,51-43?,52-44?,52-46?,53-45?,53-47?;;;. The number of rotatable bonds is 10.